The molecule has 1 aliphatic rings. The first-order valence-electron chi connectivity index (χ1n) is 8.58. The van der Waals surface area contributed by atoms with Crippen LogP contribution in [0, 0.1) is 0 Å². The van der Waals surface area contributed by atoms with Gasteiger partial charge in [-0.15, -0.1) is 0 Å². The quantitative estimate of drug-likeness (QED) is 0.712. The first-order chi connectivity index (χ1) is 13.4. The van der Waals surface area contributed by atoms with Gasteiger partial charge in [-0.05, 0) is 38.4 Å². The Hall–Kier alpha value is -3.20. The van der Waals surface area contributed by atoms with Crippen molar-refractivity contribution >= 4 is 11.9 Å². The molecule has 0 saturated heterocycles. The van der Waals surface area contributed by atoms with E-state index in [1.807, 2.05) is 44.4 Å². The molecule has 9 nitrogen and oxygen atoms in total. The van der Waals surface area contributed by atoms with Gasteiger partial charge in [-0.3, -0.25) is 0 Å². The molecule has 28 heavy (non-hydrogen) atoms. The lowest BCUT2D eigenvalue weighted by atomic mass is 10.2. The van der Waals surface area contributed by atoms with E-state index in [1.165, 1.54) is 0 Å². The molecule has 152 valence electrons. The van der Waals surface area contributed by atoms with E-state index in [2.05, 4.69) is 4.90 Å². The topological polar surface area (TPSA) is 119 Å². The van der Waals surface area contributed by atoms with Gasteiger partial charge >= 0.3 is 11.9 Å². The number of nitrogens with zero attached hydrogens (tertiary/aromatic N) is 1. The summed E-state index contributed by atoms with van der Waals surface area (Å²) in [6, 6.07) is 9.52. The van der Waals surface area contributed by atoms with Crippen LogP contribution < -0.4 is 14.2 Å². The first-order valence-corrected chi connectivity index (χ1v) is 8.58. The average molecular weight is 393 g/mol. The summed E-state index contributed by atoms with van der Waals surface area (Å²) >= 11 is 0. The Bertz CT molecular complexity index is 760. The molecule has 1 atom stereocenters. The molecule has 1 aliphatic heterocycles. The lowest BCUT2D eigenvalue weighted by molar-refractivity contribution is -0.159. The van der Waals surface area contributed by atoms with Gasteiger partial charge in [-0.1, -0.05) is 6.07 Å². The molecule has 0 amide bonds. The predicted molar refractivity (Wildman–Crippen MR) is 98.0 cm³/mol. The van der Waals surface area contributed by atoms with E-state index in [4.69, 9.17) is 38.4 Å². The molecule has 1 aromatic carbocycles. The predicted octanol–water partition coefficient (Wildman–Crippen LogP) is 2.28. The minimum Gasteiger partial charge on any atom is -0.486 e. The lowest BCUT2D eigenvalue weighted by Gasteiger charge is -2.24. The van der Waals surface area contributed by atoms with Gasteiger partial charge in [-0.2, -0.15) is 0 Å². The van der Waals surface area contributed by atoms with Crippen LogP contribution in [0.2, 0.25) is 0 Å². The summed E-state index contributed by atoms with van der Waals surface area (Å²) in [5, 5.41) is 14.8. The van der Waals surface area contributed by atoms with Crippen molar-refractivity contribution in [1.29, 1.82) is 0 Å². The SMILES string of the molecule is CN(C)CCC(Oc1cccc2c1OCCO2)c1ccco1.O=C(O)C(=O)O. The highest BCUT2D eigenvalue weighted by atomic mass is 16.6. The summed E-state index contributed by atoms with van der Waals surface area (Å²) in [5.41, 5.74) is 0. The molecule has 2 N–H and O–H groups in total. The molecule has 0 spiro atoms. The van der Waals surface area contributed by atoms with Crippen molar-refractivity contribution in [3.8, 4) is 17.2 Å². The van der Waals surface area contributed by atoms with E-state index in [0.29, 0.717) is 24.7 Å². The van der Waals surface area contributed by atoms with Gasteiger partial charge in [0.1, 0.15) is 19.0 Å². The van der Waals surface area contributed by atoms with Crippen LogP contribution in [-0.4, -0.2) is 60.9 Å². The average Bonchev–Trinajstić information content (AvgIpc) is 3.20. The summed E-state index contributed by atoms with van der Waals surface area (Å²) < 4.78 is 23.0. The van der Waals surface area contributed by atoms with Crippen LogP contribution in [0.1, 0.15) is 18.3 Å². The van der Waals surface area contributed by atoms with E-state index in [9.17, 15) is 0 Å². The zero-order valence-electron chi connectivity index (χ0n) is 15.7. The number of aliphatic carboxylic acids is 2. The Morgan fingerprint density at radius 2 is 1.82 bits per heavy atom. The highest BCUT2D eigenvalue weighted by Crippen LogP contribution is 2.41. The number of carboxylic acids is 2. The normalized spacial score (nSPS) is 13.2. The van der Waals surface area contributed by atoms with Gasteiger partial charge in [0.15, 0.2) is 17.6 Å². The number of fused-ring (bicyclic) bond motifs is 1. The van der Waals surface area contributed by atoms with E-state index >= 15 is 0 Å². The number of hydrogen-bond donors (Lipinski definition) is 2. The van der Waals surface area contributed by atoms with Crippen LogP contribution in [0.3, 0.4) is 0 Å². The Morgan fingerprint density at radius 3 is 2.43 bits per heavy atom. The highest BCUT2D eigenvalue weighted by Gasteiger charge is 2.22. The first kappa shape index (κ1) is 21.1. The molecule has 2 heterocycles. The number of furan rings is 1. The number of ether oxygens (including phenoxy) is 3. The third-order valence-corrected chi connectivity index (χ3v) is 3.68. The maximum absolute atomic E-state index is 9.10. The highest BCUT2D eigenvalue weighted by molar-refractivity contribution is 6.27. The smallest absolute Gasteiger partial charge is 0.414 e. The van der Waals surface area contributed by atoms with E-state index in [-0.39, 0.29) is 6.10 Å². The number of hydrogen-bond acceptors (Lipinski definition) is 7. The van der Waals surface area contributed by atoms with Gasteiger partial charge in [0, 0.05) is 13.0 Å². The Labute approximate surface area is 162 Å². The van der Waals surface area contributed by atoms with Crippen LogP contribution in [0.5, 0.6) is 17.2 Å². The maximum Gasteiger partial charge on any atom is 0.414 e. The Kier molecular flexibility index (Phi) is 7.70. The van der Waals surface area contributed by atoms with Crippen LogP contribution in [0.25, 0.3) is 0 Å². The molecular weight excluding hydrogens is 370 g/mol. The maximum atomic E-state index is 9.10. The second-order valence-corrected chi connectivity index (χ2v) is 6.10. The van der Waals surface area contributed by atoms with Crippen molar-refractivity contribution in [1.82, 2.24) is 4.90 Å². The molecule has 2 aromatic rings. The fraction of sp³-hybridized carbons (Fsp3) is 0.368. The van der Waals surface area contributed by atoms with Crippen molar-refractivity contribution in [3.05, 3.63) is 42.4 Å². The fourth-order valence-corrected chi connectivity index (χ4v) is 2.40. The van der Waals surface area contributed by atoms with Crippen molar-refractivity contribution in [3.63, 3.8) is 0 Å². The second kappa shape index (κ2) is 10.2. The molecule has 0 bridgehead atoms. The molecule has 1 aromatic heterocycles. The zero-order valence-corrected chi connectivity index (χ0v) is 15.7. The number of benzene rings is 1. The third kappa shape index (κ3) is 6.20. The Balaban J connectivity index is 0.000000409. The molecule has 9 heteroatoms. The van der Waals surface area contributed by atoms with Crippen molar-refractivity contribution in [2.45, 2.75) is 12.5 Å². The van der Waals surface area contributed by atoms with Crippen LogP contribution >= 0.6 is 0 Å². The molecular formula is C19H23NO8. The van der Waals surface area contributed by atoms with E-state index in [0.717, 1.165) is 24.5 Å². The minimum absolute atomic E-state index is 0.158. The van der Waals surface area contributed by atoms with E-state index < -0.39 is 11.9 Å². The number of carboxylic acid groups (broad SMARTS) is 2. The summed E-state index contributed by atoms with van der Waals surface area (Å²) in [6.45, 7) is 2.01. The molecule has 3 rings (SSSR count). The summed E-state index contributed by atoms with van der Waals surface area (Å²) in [6.07, 6.45) is 2.33. The zero-order chi connectivity index (χ0) is 20.5. The molecule has 0 saturated carbocycles. The van der Waals surface area contributed by atoms with Gasteiger partial charge in [0.05, 0.1) is 6.26 Å². The Morgan fingerprint density at radius 1 is 1.11 bits per heavy atom. The monoisotopic (exact) mass is 393 g/mol. The number of carbonyl (C=O) groups is 2. The number of rotatable bonds is 6. The molecule has 0 radical (unpaired) electrons. The van der Waals surface area contributed by atoms with Crippen molar-refractivity contribution < 1.29 is 38.4 Å². The second-order valence-electron chi connectivity index (χ2n) is 6.10. The van der Waals surface area contributed by atoms with Crippen LogP contribution in [-0.2, 0) is 9.59 Å². The standard InChI is InChI=1S/C17H21NO4.C2H2O4/c1-18(2)9-8-14(13-7-4-10-19-13)22-16-6-3-5-15-17(16)21-12-11-20-15;3-1(4)2(5)6/h3-7,10,14H,8-9,11-12H2,1-2H3;(H,3,4)(H,5,6). The van der Waals surface area contributed by atoms with Crippen molar-refractivity contribution in [2.75, 3.05) is 33.9 Å². The van der Waals surface area contributed by atoms with Crippen LogP contribution in [0.4, 0.5) is 0 Å². The van der Waals surface area contributed by atoms with Gasteiger partial charge in [0.25, 0.3) is 0 Å². The molecule has 0 aliphatic carbocycles. The fourth-order valence-electron chi connectivity index (χ4n) is 2.40. The molecule has 1 unspecified atom stereocenters. The largest absolute Gasteiger partial charge is 0.486 e. The van der Waals surface area contributed by atoms with E-state index in [1.54, 1.807) is 6.26 Å². The van der Waals surface area contributed by atoms with Gasteiger partial charge in [0.2, 0.25) is 5.75 Å². The van der Waals surface area contributed by atoms with Gasteiger partial charge < -0.3 is 33.7 Å². The van der Waals surface area contributed by atoms with Crippen molar-refractivity contribution in [2.24, 2.45) is 0 Å². The molecule has 0 fully saturated rings. The summed E-state index contributed by atoms with van der Waals surface area (Å²) in [5.74, 6) is -0.733. The summed E-state index contributed by atoms with van der Waals surface area (Å²) in [4.78, 5) is 20.3. The van der Waals surface area contributed by atoms with Crippen LogP contribution in [0.15, 0.2) is 41.0 Å². The number of para-hydroxylation sites is 1. The minimum atomic E-state index is -1.82. The third-order valence-electron chi connectivity index (χ3n) is 3.68. The lowest BCUT2D eigenvalue weighted by Crippen LogP contribution is -2.20. The summed E-state index contributed by atoms with van der Waals surface area (Å²) in [7, 11) is 4.08. The van der Waals surface area contributed by atoms with Gasteiger partial charge in [-0.25, -0.2) is 9.59 Å².